The molecule has 0 amide bonds. The number of rotatable bonds is 2. The van der Waals surface area contributed by atoms with Gasteiger partial charge >= 0.3 is 0 Å². The molecule has 1 heterocycles. The van der Waals surface area contributed by atoms with Crippen molar-refractivity contribution >= 4 is 45.3 Å². The zero-order valence-electron chi connectivity index (χ0n) is 9.91. The smallest absolute Gasteiger partial charge is 0.0468 e. The Hall–Kier alpha value is -0.940. The predicted octanol–water partition coefficient (Wildman–Crippen LogP) is 5.23. The second kappa shape index (κ2) is 4.97. The quantitative estimate of drug-likeness (QED) is 0.615. The molecule has 18 heavy (non-hydrogen) atoms. The summed E-state index contributed by atoms with van der Waals surface area (Å²) in [5.41, 5.74) is 2.45. The number of nitrogens with one attached hydrogen (secondary N) is 1. The van der Waals surface area contributed by atoms with Crippen LogP contribution in [0.4, 0.5) is 0 Å². The molecule has 0 aliphatic carbocycles. The summed E-state index contributed by atoms with van der Waals surface area (Å²) in [6.07, 6.45) is 0. The summed E-state index contributed by atoms with van der Waals surface area (Å²) in [5.74, 6) is 0. The van der Waals surface area contributed by atoms with Crippen molar-refractivity contribution in [2.45, 2.75) is 16.7 Å². The number of halogens is 1. The van der Waals surface area contributed by atoms with Crippen LogP contribution in [0, 0.1) is 10.5 Å². The maximum Gasteiger partial charge on any atom is 0.0468 e. The molecule has 0 bridgehead atoms. The van der Waals surface area contributed by atoms with E-state index in [2.05, 4.69) is 83.0 Å². The molecule has 1 N–H and O–H groups in total. The number of fused-ring (bicyclic) bond motifs is 1. The first-order valence-corrected chi connectivity index (χ1v) is 7.64. The van der Waals surface area contributed by atoms with Gasteiger partial charge in [0, 0.05) is 30.0 Å². The minimum absolute atomic E-state index is 1.21. The lowest BCUT2D eigenvalue weighted by Gasteiger charge is -2.01. The van der Waals surface area contributed by atoms with Gasteiger partial charge in [-0.05, 0) is 59.8 Å². The van der Waals surface area contributed by atoms with Gasteiger partial charge in [0.25, 0.3) is 0 Å². The average Bonchev–Trinajstić information content (AvgIpc) is 2.67. The topological polar surface area (TPSA) is 15.8 Å². The van der Waals surface area contributed by atoms with Crippen molar-refractivity contribution in [1.82, 2.24) is 4.98 Å². The van der Waals surface area contributed by atoms with E-state index in [9.17, 15) is 0 Å². The Morgan fingerprint density at radius 1 is 1.06 bits per heavy atom. The molecule has 0 saturated carbocycles. The van der Waals surface area contributed by atoms with E-state index in [1.54, 1.807) is 0 Å². The van der Waals surface area contributed by atoms with E-state index in [4.69, 9.17) is 0 Å². The van der Waals surface area contributed by atoms with Crippen molar-refractivity contribution in [1.29, 1.82) is 0 Å². The summed E-state index contributed by atoms with van der Waals surface area (Å²) in [6, 6.07) is 17.0. The molecule has 0 radical (unpaired) electrons. The first-order valence-electron chi connectivity index (χ1n) is 5.75. The summed E-state index contributed by atoms with van der Waals surface area (Å²) in [5, 5.41) is 1.31. The molecule has 0 saturated heterocycles. The van der Waals surface area contributed by atoms with Gasteiger partial charge in [0.05, 0.1) is 0 Å². The molecule has 1 aromatic heterocycles. The van der Waals surface area contributed by atoms with Crippen LogP contribution in [-0.4, -0.2) is 4.98 Å². The maximum absolute atomic E-state index is 3.45. The third-order valence-electron chi connectivity index (χ3n) is 2.85. The van der Waals surface area contributed by atoms with Crippen molar-refractivity contribution in [2.75, 3.05) is 0 Å². The molecule has 0 aliphatic rings. The Morgan fingerprint density at radius 3 is 2.61 bits per heavy atom. The van der Waals surface area contributed by atoms with E-state index >= 15 is 0 Å². The average molecular weight is 365 g/mol. The summed E-state index contributed by atoms with van der Waals surface area (Å²) >= 11 is 4.19. The largest absolute Gasteiger partial charge is 0.358 e. The number of hydrogen-bond acceptors (Lipinski definition) is 1. The van der Waals surface area contributed by atoms with Gasteiger partial charge in [0.1, 0.15) is 0 Å². The number of aromatic amines is 1. The number of hydrogen-bond donors (Lipinski definition) is 1. The first kappa shape index (κ1) is 12.1. The van der Waals surface area contributed by atoms with E-state index < -0.39 is 0 Å². The molecule has 0 atom stereocenters. The number of aromatic nitrogens is 1. The van der Waals surface area contributed by atoms with E-state index in [1.165, 1.54) is 30.0 Å². The number of benzene rings is 2. The highest BCUT2D eigenvalue weighted by atomic mass is 127. The minimum Gasteiger partial charge on any atom is -0.358 e. The standard InChI is InChI=1S/C15H12INS/c1-10-15(18-12-5-3-2-4-6-12)13-9-11(16)7-8-14(13)17-10/h2-9,17H,1H3. The van der Waals surface area contributed by atoms with Crippen LogP contribution in [0.1, 0.15) is 5.69 Å². The van der Waals surface area contributed by atoms with Crippen LogP contribution in [0.25, 0.3) is 10.9 Å². The van der Waals surface area contributed by atoms with E-state index in [0.717, 1.165) is 0 Å². The zero-order valence-corrected chi connectivity index (χ0v) is 12.9. The van der Waals surface area contributed by atoms with Crippen molar-refractivity contribution in [3.8, 4) is 0 Å². The lowest BCUT2D eigenvalue weighted by Crippen LogP contribution is -1.75. The molecule has 3 aromatic rings. The second-order valence-corrected chi connectivity index (χ2v) is 6.51. The van der Waals surface area contributed by atoms with Gasteiger partial charge in [-0.1, -0.05) is 30.0 Å². The van der Waals surface area contributed by atoms with Crippen LogP contribution >= 0.6 is 34.4 Å². The third-order valence-corrected chi connectivity index (χ3v) is 4.76. The normalized spacial score (nSPS) is 11.0. The Labute approximate surface area is 124 Å². The van der Waals surface area contributed by atoms with E-state index in [0.29, 0.717) is 0 Å². The second-order valence-electron chi connectivity index (χ2n) is 4.18. The minimum atomic E-state index is 1.21. The van der Waals surface area contributed by atoms with Crippen LogP contribution in [0.15, 0.2) is 58.3 Å². The monoisotopic (exact) mass is 365 g/mol. The van der Waals surface area contributed by atoms with Crippen LogP contribution < -0.4 is 0 Å². The summed E-state index contributed by atoms with van der Waals surface area (Å²) in [6.45, 7) is 2.14. The van der Waals surface area contributed by atoms with Crippen LogP contribution in [-0.2, 0) is 0 Å². The van der Waals surface area contributed by atoms with Crippen LogP contribution in [0.5, 0.6) is 0 Å². The Morgan fingerprint density at radius 2 is 1.83 bits per heavy atom. The van der Waals surface area contributed by atoms with Gasteiger partial charge in [-0.15, -0.1) is 0 Å². The maximum atomic E-state index is 3.45. The summed E-state index contributed by atoms with van der Waals surface area (Å²) < 4.78 is 1.27. The van der Waals surface area contributed by atoms with E-state index in [-0.39, 0.29) is 0 Å². The highest BCUT2D eigenvalue weighted by Crippen LogP contribution is 2.36. The van der Waals surface area contributed by atoms with Crippen molar-refractivity contribution in [3.05, 3.63) is 57.8 Å². The molecule has 0 spiro atoms. The Bertz CT molecular complexity index is 688. The molecule has 0 fully saturated rings. The fourth-order valence-corrected chi connectivity index (χ4v) is 3.52. The highest BCUT2D eigenvalue weighted by Gasteiger charge is 2.09. The Kier molecular flexibility index (Phi) is 3.35. The highest BCUT2D eigenvalue weighted by molar-refractivity contribution is 14.1. The molecular formula is C15H12INS. The molecule has 3 heteroatoms. The van der Waals surface area contributed by atoms with Gasteiger partial charge in [0.15, 0.2) is 0 Å². The third kappa shape index (κ3) is 2.29. The lowest BCUT2D eigenvalue weighted by molar-refractivity contribution is 1.23. The van der Waals surface area contributed by atoms with Gasteiger partial charge < -0.3 is 4.98 Å². The van der Waals surface area contributed by atoms with Crippen molar-refractivity contribution in [3.63, 3.8) is 0 Å². The molecule has 0 aliphatic heterocycles. The van der Waals surface area contributed by atoms with Crippen molar-refractivity contribution in [2.24, 2.45) is 0 Å². The fraction of sp³-hybridized carbons (Fsp3) is 0.0667. The van der Waals surface area contributed by atoms with Crippen LogP contribution in [0.3, 0.4) is 0 Å². The summed E-state index contributed by atoms with van der Waals surface area (Å²) in [4.78, 5) is 6.06. The molecule has 1 nitrogen and oxygen atoms in total. The first-order chi connectivity index (χ1) is 8.74. The molecule has 90 valence electrons. The molecule has 3 rings (SSSR count). The zero-order chi connectivity index (χ0) is 12.5. The molecular weight excluding hydrogens is 353 g/mol. The van der Waals surface area contributed by atoms with E-state index in [1.807, 2.05) is 11.8 Å². The van der Waals surface area contributed by atoms with Gasteiger partial charge in [-0.3, -0.25) is 0 Å². The number of aryl methyl sites for hydroxylation is 1. The fourth-order valence-electron chi connectivity index (χ4n) is 2.01. The SMILES string of the molecule is Cc1[nH]c2ccc(I)cc2c1Sc1ccccc1. The van der Waals surface area contributed by atoms with Gasteiger partial charge in [0.2, 0.25) is 0 Å². The summed E-state index contributed by atoms with van der Waals surface area (Å²) in [7, 11) is 0. The predicted molar refractivity (Wildman–Crippen MR) is 86.3 cm³/mol. The Balaban J connectivity index is 2.11. The number of H-pyrrole nitrogens is 1. The molecule has 0 unspecified atom stereocenters. The van der Waals surface area contributed by atoms with Gasteiger partial charge in [-0.2, -0.15) is 0 Å². The molecule has 2 aromatic carbocycles. The van der Waals surface area contributed by atoms with Crippen molar-refractivity contribution < 1.29 is 0 Å². The van der Waals surface area contributed by atoms with Gasteiger partial charge in [-0.25, -0.2) is 0 Å². The lowest BCUT2D eigenvalue weighted by atomic mass is 10.2. The van der Waals surface area contributed by atoms with Crippen LogP contribution in [0.2, 0.25) is 0 Å².